The number of halogens is 1. The number of rotatable bonds is 2. The lowest BCUT2D eigenvalue weighted by molar-refractivity contribution is 0.912. The van der Waals surface area contributed by atoms with Crippen LogP contribution in [-0.4, -0.2) is 4.98 Å². The molecule has 1 aliphatic rings. The zero-order valence-corrected chi connectivity index (χ0v) is 10.2. The number of nitrogens with one attached hydrogen (secondary N) is 1. The second-order valence-corrected chi connectivity index (χ2v) is 4.76. The van der Waals surface area contributed by atoms with Crippen LogP contribution in [0.15, 0.2) is 36.5 Å². The average Bonchev–Trinajstić information content (AvgIpc) is 2.79. The number of benzene rings is 1. The summed E-state index contributed by atoms with van der Waals surface area (Å²) in [5.74, 6) is 0.826. The second kappa shape index (κ2) is 4.38. The molecule has 0 saturated carbocycles. The van der Waals surface area contributed by atoms with Crippen LogP contribution in [0.5, 0.6) is 0 Å². The lowest BCUT2D eigenvalue weighted by Crippen LogP contribution is -1.94. The summed E-state index contributed by atoms with van der Waals surface area (Å²) in [5, 5.41) is 3.95. The summed E-state index contributed by atoms with van der Waals surface area (Å²) < 4.78 is 0. The molecular formula is C14H13ClN2. The van der Waals surface area contributed by atoms with Gasteiger partial charge in [0, 0.05) is 11.9 Å². The number of pyridine rings is 1. The van der Waals surface area contributed by atoms with Gasteiger partial charge in [-0.2, -0.15) is 0 Å². The van der Waals surface area contributed by atoms with Crippen LogP contribution in [0.3, 0.4) is 0 Å². The molecule has 2 aromatic rings. The lowest BCUT2D eigenvalue weighted by atomic mass is 10.1. The summed E-state index contributed by atoms with van der Waals surface area (Å²) in [5.41, 5.74) is 4.05. The van der Waals surface area contributed by atoms with Gasteiger partial charge in [-0.1, -0.05) is 17.7 Å². The van der Waals surface area contributed by atoms with Crippen molar-refractivity contribution in [3.05, 3.63) is 52.7 Å². The summed E-state index contributed by atoms with van der Waals surface area (Å²) in [7, 11) is 0. The topological polar surface area (TPSA) is 24.9 Å². The molecule has 0 radical (unpaired) electrons. The van der Waals surface area contributed by atoms with E-state index in [1.54, 1.807) is 6.20 Å². The van der Waals surface area contributed by atoms with Crippen molar-refractivity contribution >= 4 is 23.1 Å². The Kier molecular flexibility index (Phi) is 2.73. The maximum Gasteiger partial charge on any atom is 0.130 e. The van der Waals surface area contributed by atoms with Crippen LogP contribution in [0.2, 0.25) is 5.02 Å². The molecule has 0 spiro atoms. The van der Waals surface area contributed by atoms with Crippen LogP contribution in [-0.2, 0) is 12.8 Å². The first-order valence-corrected chi connectivity index (χ1v) is 6.19. The summed E-state index contributed by atoms with van der Waals surface area (Å²) in [6.45, 7) is 0. The highest BCUT2D eigenvalue weighted by Gasteiger charge is 2.10. The van der Waals surface area contributed by atoms with Crippen LogP contribution in [0.1, 0.15) is 17.5 Å². The fourth-order valence-corrected chi connectivity index (χ4v) is 2.36. The molecule has 0 amide bonds. The van der Waals surface area contributed by atoms with Gasteiger partial charge in [0.2, 0.25) is 0 Å². The Hall–Kier alpha value is -1.54. The van der Waals surface area contributed by atoms with E-state index in [0.717, 1.165) is 11.5 Å². The summed E-state index contributed by atoms with van der Waals surface area (Å²) >= 11 is 5.80. The Balaban J connectivity index is 1.83. The van der Waals surface area contributed by atoms with Gasteiger partial charge in [0.1, 0.15) is 5.82 Å². The molecule has 1 aromatic heterocycles. The zero-order valence-electron chi connectivity index (χ0n) is 9.41. The molecule has 0 saturated heterocycles. The average molecular weight is 245 g/mol. The van der Waals surface area contributed by atoms with Crippen LogP contribution >= 0.6 is 11.6 Å². The van der Waals surface area contributed by atoms with Crippen molar-refractivity contribution in [2.24, 2.45) is 0 Å². The molecule has 1 heterocycles. The SMILES string of the molecule is Clc1ccc(Nc2ccc3c(c2)CCC3)nc1. The predicted molar refractivity (Wildman–Crippen MR) is 71.0 cm³/mol. The third-order valence-corrected chi connectivity index (χ3v) is 3.32. The molecule has 17 heavy (non-hydrogen) atoms. The van der Waals surface area contributed by atoms with Crippen molar-refractivity contribution in [2.75, 3.05) is 5.32 Å². The first kappa shape index (κ1) is 10.6. The molecule has 1 aliphatic carbocycles. The zero-order chi connectivity index (χ0) is 11.7. The van der Waals surface area contributed by atoms with Gasteiger partial charge in [-0.25, -0.2) is 4.98 Å². The van der Waals surface area contributed by atoms with E-state index in [9.17, 15) is 0 Å². The van der Waals surface area contributed by atoms with Crippen LogP contribution in [0, 0.1) is 0 Å². The summed E-state index contributed by atoms with van der Waals surface area (Å²) in [4.78, 5) is 4.22. The fraction of sp³-hybridized carbons (Fsp3) is 0.214. The molecule has 86 valence electrons. The van der Waals surface area contributed by atoms with Crippen LogP contribution in [0.4, 0.5) is 11.5 Å². The van der Waals surface area contributed by atoms with Crippen molar-refractivity contribution < 1.29 is 0 Å². The first-order valence-electron chi connectivity index (χ1n) is 5.82. The number of aryl methyl sites for hydroxylation is 2. The minimum atomic E-state index is 0.657. The van der Waals surface area contributed by atoms with E-state index in [0.29, 0.717) is 5.02 Å². The van der Waals surface area contributed by atoms with Crippen LogP contribution < -0.4 is 5.32 Å². The quantitative estimate of drug-likeness (QED) is 0.865. The standard InChI is InChI=1S/C14H13ClN2/c15-12-5-7-14(16-9-12)17-13-6-4-10-2-1-3-11(10)8-13/h4-9H,1-3H2,(H,16,17). The Labute approximate surface area is 106 Å². The van der Waals surface area contributed by atoms with Crippen molar-refractivity contribution in [3.8, 4) is 0 Å². The number of hydrogen-bond donors (Lipinski definition) is 1. The number of aromatic nitrogens is 1. The molecular weight excluding hydrogens is 232 g/mol. The minimum Gasteiger partial charge on any atom is -0.340 e. The third-order valence-electron chi connectivity index (χ3n) is 3.10. The van der Waals surface area contributed by atoms with Gasteiger partial charge in [0.15, 0.2) is 0 Å². The molecule has 1 N–H and O–H groups in total. The van der Waals surface area contributed by atoms with Crippen molar-refractivity contribution in [1.82, 2.24) is 4.98 Å². The van der Waals surface area contributed by atoms with E-state index in [2.05, 4.69) is 28.5 Å². The van der Waals surface area contributed by atoms with E-state index in [1.807, 2.05) is 12.1 Å². The Morgan fingerprint density at radius 2 is 1.94 bits per heavy atom. The third kappa shape index (κ3) is 2.27. The minimum absolute atomic E-state index is 0.657. The molecule has 2 nitrogen and oxygen atoms in total. The molecule has 0 aliphatic heterocycles. The first-order chi connectivity index (χ1) is 8.31. The van der Waals surface area contributed by atoms with Gasteiger partial charge in [-0.05, 0) is 54.7 Å². The van der Waals surface area contributed by atoms with Gasteiger partial charge >= 0.3 is 0 Å². The number of fused-ring (bicyclic) bond motifs is 1. The monoisotopic (exact) mass is 244 g/mol. The highest BCUT2D eigenvalue weighted by Crippen LogP contribution is 2.26. The van der Waals surface area contributed by atoms with Crippen molar-refractivity contribution in [2.45, 2.75) is 19.3 Å². The van der Waals surface area contributed by atoms with Gasteiger partial charge in [-0.3, -0.25) is 0 Å². The molecule has 0 bridgehead atoms. The normalized spacial score (nSPS) is 13.5. The molecule has 0 atom stereocenters. The number of hydrogen-bond acceptors (Lipinski definition) is 2. The van der Waals surface area contributed by atoms with Gasteiger partial charge in [0.05, 0.1) is 5.02 Å². The fourth-order valence-electron chi connectivity index (χ4n) is 2.25. The summed E-state index contributed by atoms with van der Waals surface area (Å²) in [6.07, 6.45) is 5.34. The highest BCUT2D eigenvalue weighted by atomic mass is 35.5. The maximum absolute atomic E-state index is 5.80. The van der Waals surface area contributed by atoms with E-state index in [1.165, 1.54) is 30.4 Å². The van der Waals surface area contributed by atoms with Gasteiger partial charge < -0.3 is 5.32 Å². The largest absolute Gasteiger partial charge is 0.340 e. The molecule has 3 heteroatoms. The van der Waals surface area contributed by atoms with Crippen molar-refractivity contribution in [3.63, 3.8) is 0 Å². The molecule has 0 unspecified atom stereocenters. The second-order valence-electron chi connectivity index (χ2n) is 4.32. The Bertz CT molecular complexity index is 534. The highest BCUT2D eigenvalue weighted by molar-refractivity contribution is 6.30. The van der Waals surface area contributed by atoms with E-state index in [4.69, 9.17) is 11.6 Å². The van der Waals surface area contributed by atoms with E-state index in [-0.39, 0.29) is 0 Å². The van der Waals surface area contributed by atoms with Gasteiger partial charge in [0.25, 0.3) is 0 Å². The smallest absolute Gasteiger partial charge is 0.130 e. The number of nitrogens with zero attached hydrogens (tertiary/aromatic N) is 1. The maximum atomic E-state index is 5.80. The summed E-state index contributed by atoms with van der Waals surface area (Å²) in [6, 6.07) is 10.3. The molecule has 0 fully saturated rings. The predicted octanol–water partition coefficient (Wildman–Crippen LogP) is 3.97. The van der Waals surface area contributed by atoms with Gasteiger partial charge in [-0.15, -0.1) is 0 Å². The molecule has 3 rings (SSSR count). The van der Waals surface area contributed by atoms with Crippen LogP contribution in [0.25, 0.3) is 0 Å². The Morgan fingerprint density at radius 1 is 1.06 bits per heavy atom. The van der Waals surface area contributed by atoms with E-state index >= 15 is 0 Å². The lowest BCUT2D eigenvalue weighted by Gasteiger charge is -2.07. The number of anilines is 2. The Morgan fingerprint density at radius 3 is 2.76 bits per heavy atom. The molecule has 1 aromatic carbocycles. The van der Waals surface area contributed by atoms with Crippen molar-refractivity contribution in [1.29, 1.82) is 0 Å². The van der Waals surface area contributed by atoms with E-state index < -0.39 is 0 Å².